The molecule has 9 heteroatoms. The smallest absolute Gasteiger partial charge is 0.247 e. The summed E-state index contributed by atoms with van der Waals surface area (Å²) in [5.74, 6) is 0.586. The Labute approximate surface area is 227 Å². The van der Waals surface area contributed by atoms with Crippen LogP contribution >= 0.6 is 0 Å². The first-order valence-corrected chi connectivity index (χ1v) is 13.2. The second-order valence-electron chi connectivity index (χ2n) is 9.78. The van der Waals surface area contributed by atoms with E-state index in [1.54, 1.807) is 42.0 Å². The van der Waals surface area contributed by atoms with Crippen LogP contribution in [0.15, 0.2) is 72.8 Å². The molecule has 39 heavy (non-hydrogen) atoms. The number of ether oxygens (including phenoxy) is 2. The molecule has 1 saturated carbocycles. The molecule has 0 bridgehead atoms. The maximum atomic E-state index is 14.1. The number of amides is 2. The third-order valence-electron chi connectivity index (χ3n) is 7.17. The van der Waals surface area contributed by atoms with Gasteiger partial charge in [0.15, 0.2) is 0 Å². The fraction of sp³-hybridized carbons (Fsp3) is 0.333. The van der Waals surface area contributed by atoms with Gasteiger partial charge in [0, 0.05) is 18.7 Å². The molecular weight excluding hydrogens is 494 g/mol. The minimum atomic E-state index is -0.919. The summed E-state index contributed by atoms with van der Waals surface area (Å²) in [6.07, 6.45) is 4.01. The molecule has 1 N–H and O–H groups in total. The van der Waals surface area contributed by atoms with Crippen LogP contribution in [0, 0.1) is 0 Å². The number of hydrogen-bond acceptors (Lipinski definition) is 6. The minimum Gasteiger partial charge on any atom is -0.497 e. The molecule has 3 aromatic carbocycles. The quantitative estimate of drug-likeness (QED) is 0.331. The van der Waals surface area contributed by atoms with Crippen molar-refractivity contribution in [3.8, 4) is 11.5 Å². The van der Waals surface area contributed by atoms with Crippen molar-refractivity contribution < 1.29 is 19.1 Å². The van der Waals surface area contributed by atoms with Crippen LogP contribution in [-0.2, 0) is 22.7 Å². The van der Waals surface area contributed by atoms with Gasteiger partial charge in [-0.3, -0.25) is 9.59 Å². The average Bonchev–Trinajstić information content (AvgIpc) is 3.63. The Hall–Kier alpha value is -4.40. The van der Waals surface area contributed by atoms with Crippen molar-refractivity contribution in [2.45, 2.75) is 50.9 Å². The van der Waals surface area contributed by atoms with Crippen molar-refractivity contribution in [3.63, 3.8) is 0 Å². The number of hydrogen-bond donors (Lipinski definition) is 1. The predicted molar refractivity (Wildman–Crippen MR) is 147 cm³/mol. The van der Waals surface area contributed by atoms with Crippen molar-refractivity contribution in [2.75, 3.05) is 14.2 Å². The molecule has 0 radical (unpaired) electrons. The van der Waals surface area contributed by atoms with Crippen LogP contribution in [0.5, 0.6) is 11.5 Å². The lowest BCUT2D eigenvalue weighted by molar-refractivity contribution is -0.142. The van der Waals surface area contributed by atoms with Gasteiger partial charge >= 0.3 is 0 Å². The van der Waals surface area contributed by atoms with Crippen LogP contribution < -0.4 is 14.8 Å². The highest BCUT2D eigenvalue weighted by Crippen LogP contribution is 2.32. The molecule has 5 rings (SSSR count). The van der Waals surface area contributed by atoms with Gasteiger partial charge in [0.25, 0.3) is 0 Å². The number of methoxy groups -OCH3 is 2. The Morgan fingerprint density at radius 2 is 1.64 bits per heavy atom. The minimum absolute atomic E-state index is 0.0678. The number of rotatable bonds is 10. The van der Waals surface area contributed by atoms with Gasteiger partial charge in [0.05, 0.1) is 19.7 Å². The van der Waals surface area contributed by atoms with E-state index in [9.17, 15) is 9.59 Å². The van der Waals surface area contributed by atoms with Crippen LogP contribution in [0.4, 0.5) is 0 Å². The molecule has 1 aliphatic rings. The van der Waals surface area contributed by atoms with Crippen molar-refractivity contribution in [1.82, 2.24) is 25.2 Å². The number of benzene rings is 3. The van der Waals surface area contributed by atoms with E-state index in [0.29, 0.717) is 22.6 Å². The maximum Gasteiger partial charge on any atom is 0.247 e. The van der Waals surface area contributed by atoms with E-state index in [0.717, 1.165) is 36.8 Å². The van der Waals surface area contributed by atoms with Gasteiger partial charge in [-0.15, -0.1) is 5.10 Å². The Balaban J connectivity index is 1.57. The molecule has 9 nitrogen and oxygen atoms in total. The second-order valence-corrected chi connectivity index (χ2v) is 9.78. The number of carbonyl (C=O) groups is 2. The number of para-hydroxylation sites is 1. The SMILES string of the molecule is COc1cc(OC)cc([C@H](C(=O)NC2CCCC2)N(Cc2ccccc2)C(=O)Cn2nnc3ccccc32)c1. The van der Waals surface area contributed by atoms with Crippen LogP contribution in [-0.4, -0.2) is 52.0 Å². The fourth-order valence-electron chi connectivity index (χ4n) is 5.17. The van der Waals surface area contributed by atoms with Gasteiger partial charge in [-0.05, 0) is 48.2 Å². The third kappa shape index (κ3) is 6.03. The van der Waals surface area contributed by atoms with Crippen LogP contribution in [0.1, 0.15) is 42.9 Å². The molecule has 1 aliphatic carbocycles. The molecule has 0 unspecified atom stereocenters. The van der Waals surface area contributed by atoms with E-state index in [4.69, 9.17) is 9.47 Å². The summed E-state index contributed by atoms with van der Waals surface area (Å²) in [6, 6.07) is 21.6. The van der Waals surface area contributed by atoms with E-state index in [1.807, 2.05) is 54.6 Å². The zero-order valence-corrected chi connectivity index (χ0v) is 22.2. The van der Waals surface area contributed by atoms with E-state index < -0.39 is 6.04 Å². The van der Waals surface area contributed by atoms with Crippen molar-refractivity contribution in [2.24, 2.45) is 0 Å². The highest BCUT2D eigenvalue weighted by Gasteiger charge is 2.34. The van der Waals surface area contributed by atoms with Gasteiger partial charge in [-0.1, -0.05) is 60.5 Å². The van der Waals surface area contributed by atoms with E-state index in [1.165, 1.54) is 0 Å². The zero-order chi connectivity index (χ0) is 27.2. The summed E-state index contributed by atoms with van der Waals surface area (Å²) < 4.78 is 12.6. The summed E-state index contributed by atoms with van der Waals surface area (Å²) in [4.78, 5) is 29.8. The standard InChI is InChI=1S/C30H33N5O4/c1-38-24-16-22(17-25(18-24)39-2)29(30(37)31-23-12-6-7-13-23)34(19-21-10-4-3-5-11-21)28(36)20-35-27-15-9-8-14-26(27)32-33-35/h3-5,8-11,14-18,23,29H,6-7,12-13,19-20H2,1-2H3,(H,31,37)/t29-/m1/s1. The normalized spacial score (nSPS) is 14.2. The largest absolute Gasteiger partial charge is 0.497 e. The Kier molecular flexibility index (Phi) is 8.05. The van der Waals surface area contributed by atoms with Gasteiger partial charge in [0.1, 0.15) is 29.6 Å². The Morgan fingerprint density at radius 3 is 2.33 bits per heavy atom. The number of aromatic nitrogens is 3. The molecular formula is C30H33N5O4. The van der Waals surface area contributed by atoms with E-state index in [2.05, 4.69) is 15.6 Å². The summed E-state index contributed by atoms with van der Waals surface area (Å²) in [6.45, 7) is 0.163. The first-order chi connectivity index (χ1) is 19.1. The highest BCUT2D eigenvalue weighted by molar-refractivity contribution is 5.89. The average molecular weight is 528 g/mol. The summed E-state index contributed by atoms with van der Waals surface area (Å²) in [5.41, 5.74) is 2.96. The highest BCUT2D eigenvalue weighted by atomic mass is 16.5. The molecule has 1 heterocycles. The van der Waals surface area contributed by atoms with Gasteiger partial charge in [0.2, 0.25) is 11.8 Å². The molecule has 0 aliphatic heterocycles. The number of fused-ring (bicyclic) bond motifs is 1. The van der Waals surface area contributed by atoms with Gasteiger partial charge in [-0.25, -0.2) is 4.68 Å². The lowest BCUT2D eigenvalue weighted by Gasteiger charge is -2.33. The van der Waals surface area contributed by atoms with Crippen molar-refractivity contribution in [3.05, 3.63) is 83.9 Å². The van der Waals surface area contributed by atoms with E-state index >= 15 is 0 Å². The number of nitrogens with zero attached hydrogens (tertiary/aromatic N) is 4. The summed E-state index contributed by atoms with van der Waals surface area (Å²) >= 11 is 0. The Morgan fingerprint density at radius 1 is 0.974 bits per heavy atom. The first-order valence-electron chi connectivity index (χ1n) is 13.2. The molecule has 1 atom stereocenters. The predicted octanol–water partition coefficient (Wildman–Crippen LogP) is 4.28. The number of nitrogens with one attached hydrogen (secondary N) is 1. The zero-order valence-electron chi connectivity index (χ0n) is 22.2. The first kappa shape index (κ1) is 26.2. The van der Waals surface area contributed by atoms with Crippen molar-refractivity contribution in [1.29, 1.82) is 0 Å². The molecule has 2 amide bonds. The van der Waals surface area contributed by atoms with Crippen LogP contribution in [0.3, 0.4) is 0 Å². The van der Waals surface area contributed by atoms with Crippen molar-refractivity contribution >= 4 is 22.8 Å². The summed E-state index contributed by atoms with van der Waals surface area (Å²) in [7, 11) is 3.13. The van der Waals surface area contributed by atoms with Crippen LogP contribution in [0.25, 0.3) is 11.0 Å². The lowest BCUT2D eigenvalue weighted by atomic mass is 10.0. The molecule has 1 fully saturated rings. The number of carbonyl (C=O) groups excluding carboxylic acids is 2. The molecule has 4 aromatic rings. The van der Waals surface area contributed by atoms with Crippen LogP contribution in [0.2, 0.25) is 0 Å². The van der Waals surface area contributed by atoms with Gasteiger partial charge in [-0.2, -0.15) is 0 Å². The molecule has 0 saturated heterocycles. The van der Waals surface area contributed by atoms with Gasteiger partial charge < -0.3 is 19.7 Å². The second kappa shape index (κ2) is 12.0. The topological polar surface area (TPSA) is 98.6 Å². The maximum absolute atomic E-state index is 14.1. The molecule has 202 valence electrons. The summed E-state index contributed by atoms with van der Waals surface area (Å²) in [5, 5.41) is 11.6. The third-order valence-corrected chi connectivity index (χ3v) is 7.17. The monoisotopic (exact) mass is 527 g/mol. The Bertz CT molecular complexity index is 1410. The van der Waals surface area contributed by atoms with E-state index in [-0.39, 0.29) is 30.9 Å². The molecule has 1 aromatic heterocycles. The lowest BCUT2D eigenvalue weighted by Crippen LogP contribution is -2.46. The fourth-order valence-corrected chi connectivity index (χ4v) is 5.17. The molecule has 0 spiro atoms.